The molecule has 0 saturated carbocycles. The van der Waals surface area contributed by atoms with Crippen molar-refractivity contribution in [3.05, 3.63) is 182 Å². The van der Waals surface area contributed by atoms with Gasteiger partial charge in [-0.15, -0.1) is 54.1 Å². The number of hydrogen-bond acceptors (Lipinski definition) is 4. The molecule has 51 heavy (non-hydrogen) atoms. The summed E-state index contributed by atoms with van der Waals surface area (Å²) < 4.78 is 8.72. The SMILES string of the molecule is [Ir].[c-]1ccc2c(oc3c4ccccc4ccc23)c1-c1nc2cc(-c3ccccc3)cnc2n1-c1ccccc1.[c-]1ccccc1-c1ccccn1. The molecule has 5 nitrogen and oxygen atoms in total. The molecular formula is C45H28IrN4O-2. The first-order valence-electron chi connectivity index (χ1n) is 16.4. The maximum atomic E-state index is 6.63. The minimum absolute atomic E-state index is 0. The minimum atomic E-state index is 0. The number of hydrogen-bond donors (Lipinski definition) is 0. The molecule has 0 spiro atoms. The molecule has 0 aliphatic heterocycles. The molecule has 4 aromatic heterocycles. The molecule has 0 aliphatic carbocycles. The summed E-state index contributed by atoms with van der Waals surface area (Å²) in [6.45, 7) is 0. The van der Waals surface area contributed by atoms with Crippen molar-refractivity contribution in [2.75, 3.05) is 0 Å². The van der Waals surface area contributed by atoms with Gasteiger partial charge >= 0.3 is 0 Å². The van der Waals surface area contributed by atoms with E-state index in [1.165, 1.54) is 0 Å². The Balaban J connectivity index is 0.000000245. The van der Waals surface area contributed by atoms with Crippen molar-refractivity contribution >= 4 is 43.9 Å². The van der Waals surface area contributed by atoms with Crippen molar-refractivity contribution in [1.82, 2.24) is 19.5 Å². The molecular weight excluding hydrogens is 805 g/mol. The molecule has 1 radical (unpaired) electrons. The molecule has 0 unspecified atom stereocenters. The third kappa shape index (κ3) is 6.01. The molecule has 0 fully saturated rings. The molecule has 6 aromatic carbocycles. The van der Waals surface area contributed by atoms with Gasteiger partial charge in [-0.1, -0.05) is 108 Å². The van der Waals surface area contributed by atoms with Crippen LogP contribution in [-0.2, 0) is 20.1 Å². The maximum absolute atomic E-state index is 6.63. The van der Waals surface area contributed by atoms with Gasteiger partial charge in [-0.05, 0) is 40.9 Å². The predicted molar refractivity (Wildman–Crippen MR) is 202 cm³/mol. The molecule has 0 N–H and O–H groups in total. The van der Waals surface area contributed by atoms with Crippen molar-refractivity contribution in [2.45, 2.75) is 0 Å². The van der Waals surface area contributed by atoms with Crippen LogP contribution in [0.15, 0.2) is 175 Å². The zero-order chi connectivity index (χ0) is 33.3. The number of pyridine rings is 2. The van der Waals surface area contributed by atoms with Gasteiger partial charge in [0.2, 0.25) is 0 Å². The second-order valence-electron chi connectivity index (χ2n) is 11.9. The Morgan fingerprint density at radius 2 is 1.33 bits per heavy atom. The number of aromatic nitrogens is 4. The topological polar surface area (TPSA) is 56.7 Å². The van der Waals surface area contributed by atoms with E-state index in [2.05, 4.69) is 88.4 Å². The van der Waals surface area contributed by atoms with E-state index in [0.29, 0.717) is 0 Å². The average molecular weight is 833 g/mol. The van der Waals surface area contributed by atoms with Crippen LogP contribution in [0, 0.1) is 12.1 Å². The molecule has 4 heterocycles. The van der Waals surface area contributed by atoms with Gasteiger partial charge in [-0.25, -0.2) is 4.98 Å². The van der Waals surface area contributed by atoms with E-state index in [1.807, 2.05) is 97.2 Å². The number of nitrogens with zero attached hydrogens (tertiary/aromatic N) is 4. The minimum Gasteiger partial charge on any atom is -0.500 e. The van der Waals surface area contributed by atoms with Crippen LogP contribution in [0.2, 0.25) is 0 Å². The standard InChI is InChI=1S/C34H20N3O.C11H8N.Ir/c1-3-10-22(11-4-1)24-20-30-34(35-21-24)37(25-13-5-2-6-14-25)33(36-30)29-17-9-16-27-28-19-18-23-12-7-8-15-26(23)31(28)38-32(27)29;1-2-6-10(7-3-1)11-8-4-5-9-12-11;/h1-16,18-21H;1-6,8-9H;/q2*-1;. The largest absolute Gasteiger partial charge is 0.500 e. The molecule has 245 valence electrons. The van der Waals surface area contributed by atoms with Crippen molar-refractivity contribution < 1.29 is 24.5 Å². The first-order valence-corrected chi connectivity index (χ1v) is 16.4. The van der Waals surface area contributed by atoms with Crippen molar-refractivity contribution in [1.29, 1.82) is 0 Å². The van der Waals surface area contributed by atoms with Gasteiger partial charge in [-0.3, -0.25) is 4.98 Å². The Bertz CT molecular complexity index is 2710. The van der Waals surface area contributed by atoms with Gasteiger partial charge in [0.1, 0.15) is 5.58 Å². The summed E-state index contributed by atoms with van der Waals surface area (Å²) in [5.41, 5.74) is 9.20. The van der Waals surface area contributed by atoms with Gasteiger partial charge in [0, 0.05) is 54.5 Å². The van der Waals surface area contributed by atoms with Crippen molar-refractivity contribution in [3.8, 4) is 39.5 Å². The van der Waals surface area contributed by atoms with Gasteiger partial charge < -0.3 is 14.0 Å². The number of fused-ring (bicyclic) bond motifs is 6. The third-order valence-electron chi connectivity index (χ3n) is 8.82. The fourth-order valence-electron chi connectivity index (χ4n) is 6.45. The smallest absolute Gasteiger partial charge is 0.155 e. The summed E-state index contributed by atoms with van der Waals surface area (Å²) >= 11 is 0. The van der Waals surface area contributed by atoms with E-state index in [1.54, 1.807) is 6.20 Å². The monoisotopic (exact) mass is 833 g/mol. The summed E-state index contributed by atoms with van der Waals surface area (Å²) in [4.78, 5) is 14.3. The number of furan rings is 1. The normalized spacial score (nSPS) is 11.0. The van der Waals surface area contributed by atoms with E-state index in [-0.39, 0.29) is 20.1 Å². The van der Waals surface area contributed by atoms with Gasteiger partial charge in [-0.2, -0.15) is 0 Å². The number of para-hydroxylation sites is 1. The van der Waals surface area contributed by atoms with Crippen LogP contribution < -0.4 is 0 Å². The summed E-state index contributed by atoms with van der Waals surface area (Å²) in [5, 5.41) is 4.38. The molecule has 6 heteroatoms. The van der Waals surface area contributed by atoms with Crippen LogP contribution in [0.4, 0.5) is 0 Å². The molecule has 0 saturated heterocycles. The van der Waals surface area contributed by atoms with Crippen LogP contribution in [0.3, 0.4) is 0 Å². The van der Waals surface area contributed by atoms with E-state index in [9.17, 15) is 0 Å². The van der Waals surface area contributed by atoms with Crippen LogP contribution in [0.25, 0.3) is 83.3 Å². The predicted octanol–water partition coefficient (Wildman–Crippen LogP) is 11.2. The van der Waals surface area contributed by atoms with Crippen molar-refractivity contribution in [2.24, 2.45) is 0 Å². The fraction of sp³-hybridized carbons (Fsp3) is 0. The quantitative estimate of drug-likeness (QED) is 0.166. The summed E-state index contributed by atoms with van der Waals surface area (Å²) in [6.07, 6.45) is 3.70. The molecule has 10 rings (SSSR count). The molecule has 0 amide bonds. The van der Waals surface area contributed by atoms with Gasteiger partial charge in [0.25, 0.3) is 0 Å². The fourth-order valence-corrected chi connectivity index (χ4v) is 6.45. The van der Waals surface area contributed by atoms with Crippen molar-refractivity contribution in [3.63, 3.8) is 0 Å². The first kappa shape index (κ1) is 32.0. The molecule has 0 atom stereocenters. The zero-order valence-corrected chi connectivity index (χ0v) is 29.6. The van der Waals surface area contributed by atoms with Crippen LogP contribution in [-0.4, -0.2) is 19.5 Å². The van der Waals surface area contributed by atoms with Crippen LogP contribution in [0.5, 0.6) is 0 Å². The van der Waals surface area contributed by atoms with E-state index >= 15 is 0 Å². The van der Waals surface area contributed by atoms with E-state index < -0.39 is 0 Å². The third-order valence-corrected chi connectivity index (χ3v) is 8.82. The Hall–Kier alpha value is -6.20. The second-order valence-corrected chi connectivity index (χ2v) is 11.9. The van der Waals surface area contributed by atoms with Crippen LogP contribution in [0.1, 0.15) is 0 Å². The second kappa shape index (κ2) is 14.0. The number of rotatable bonds is 4. The molecule has 0 bridgehead atoms. The van der Waals surface area contributed by atoms with E-state index in [4.69, 9.17) is 14.4 Å². The number of benzene rings is 6. The van der Waals surface area contributed by atoms with E-state index in [0.717, 1.165) is 83.3 Å². The Morgan fingerprint density at radius 1 is 0.569 bits per heavy atom. The van der Waals surface area contributed by atoms with Gasteiger partial charge in [0.05, 0.1) is 16.9 Å². The molecule has 0 aliphatic rings. The Labute approximate surface area is 308 Å². The zero-order valence-electron chi connectivity index (χ0n) is 27.2. The summed E-state index contributed by atoms with van der Waals surface area (Å²) in [5.74, 6) is 0.748. The molecule has 10 aromatic rings. The first-order chi connectivity index (χ1) is 24.8. The van der Waals surface area contributed by atoms with Gasteiger partial charge in [0.15, 0.2) is 5.65 Å². The summed E-state index contributed by atoms with van der Waals surface area (Å²) in [6, 6.07) is 59.5. The number of imidazole rings is 1. The van der Waals surface area contributed by atoms with Crippen LogP contribution >= 0.6 is 0 Å². The Morgan fingerprint density at radius 3 is 2.14 bits per heavy atom. The Kier molecular flexibility index (Phi) is 8.77. The average Bonchev–Trinajstić information content (AvgIpc) is 3.78. The maximum Gasteiger partial charge on any atom is 0.155 e. The summed E-state index contributed by atoms with van der Waals surface area (Å²) in [7, 11) is 0.